The van der Waals surface area contributed by atoms with Crippen molar-refractivity contribution in [2.75, 3.05) is 16.4 Å². The topological polar surface area (TPSA) is 137 Å². The smallest absolute Gasteiger partial charge is 0.295 e. The molecule has 0 saturated carbocycles. The molecule has 5 aromatic heterocycles. The van der Waals surface area contributed by atoms with Gasteiger partial charge in [-0.25, -0.2) is 9.67 Å². The zero-order chi connectivity index (χ0) is 35.1. The minimum Gasteiger partial charge on any atom is -0.411 e. The molecule has 0 fully saturated rings. The van der Waals surface area contributed by atoms with E-state index in [1.54, 1.807) is 30.0 Å². The molecule has 7 aromatic rings. The molecule has 0 saturated heterocycles. The number of para-hydroxylation sites is 2. The Kier molecular flexibility index (Phi) is 8.88. The Morgan fingerprint density at radius 3 is 2.61 bits per heavy atom. The van der Waals surface area contributed by atoms with Crippen LogP contribution in [0.25, 0.3) is 38.6 Å². The molecule has 2 amide bonds. The van der Waals surface area contributed by atoms with Crippen molar-refractivity contribution in [2.45, 2.75) is 37.8 Å². The van der Waals surface area contributed by atoms with E-state index in [0.29, 0.717) is 27.8 Å². The maximum Gasteiger partial charge on any atom is 0.295 e. The van der Waals surface area contributed by atoms with Crippen molar-refractivity contribution in [3.05, 3.63) is 110 Å². The second-order valence-corrected chi connectivity index (χ2v) is 15.0. The summed E-state index contributed by atoms with van der Waals surface area (Å²) in [5.74, 6) is -0.412. The van der Waals surface area contributed by atoms with Gasteiger partial charge >= 0.3 is 0 Å². The Morgan fingerprint density at radius 2 is 1.78 bits per heavy atom. The lowest BCUT2D eigenvalue weighted by molar-refractivity contribution is -0.113. The van der Waals surface area contributed by atoms with E-state index in [9.17, 15) is 14.4 Å². The lowest BCUT2D eigenvalue weighted by Gasteiger charge is -2.13. The first-order valence-electron chi connectivity index (χ1n) is 16.4. The fourth-order valence-electron chi connectivity index (χ4n) is 6.35. The van der Waals surface area contributed by atoms with Crippen molar-refractivity contribution in [1.29, 1.82) is 0 Å². The lowest BCUT2D eigenvalue weighted by atomic mass is 9.95. The van der Waals surface area contributed by atoms with Crippen LogP contribution in [0.3, 0.4) is 0 Å². The van der Waals surface area contributed by atoms with Crippen molar-refractivity contribution in [3.8, 4) is 27.7 Å². The van der Waals surface area contributed by atoms with Crippen LogP contribution >= 0.6 is 34.4 Å². The molecule has 0 bridgehead atoms. The molecular formula is C37H31N7O4S3. The number of pyridine rings is 1. The number of nitrogens with zero attached hydrogens (tertiary/aromatic N) is 5. The number of benzene rings is 2. The first-order valence-corrected chi connectivity index (χ1v) is 19.0. The molecule has 5 heterocycles. The molecule has 256 valence electrons. The molecule has 0 spiro atoms. The summed E-state index contributed by atoms with van der Waals surface area (Å²) in [5.41, 5.74) is 4.90. The minimum absolute atomic E-state index is 0.0115. The molecule has 0 unspecified atom stereocenters. The first-order chi connectivity index (χ1) is 24.9. The molecule has 11 nitrogen and oxygen atoms in total. The predicted molar refractivity (Wildman–Crippen MR) is 202 cm³/mol. The molecular weight excluding hydrogens is 703 g/mol. The standard InChI is InChI=1S/C37H31N7O4S3/c1-21-32(36(47)44(43(21)2)22-11-4-3-5-12-22)40-33(46)31-24-14-7-9-16-28(24)51-35(31)39-30(45)20-50-37-42-41-34(48-37)25-19-27(29-17-10-18-49-29)38-26-15-8-6-13-23(25)26/h3-6,8,10-13,15,17-19H,7,9,14,16,20H2,1-2H3,(H,39,45)(H,40,46). The number of carbonyl (C=O) groups is 2. The number of thiophene rings is 2. The summed E-state index contributed by atoms with van der Waals surface area (Å²) in [7, 11) is 1.78. The second kappa shape index (κ2) is 13.8. The molecule has 1 aliphatic rings. The average Bonchev–Trinajstić information content (AvgIpc) is 3.96. The maximum atomic E-state index is 14.0. The van der Waals surface area contributed by atoms with E-state index >= 15 is 0 Å². The van der Waals surface area contributed by atoms with Gasteiger partial charge < -0.3 is 15.1 Å². The highest BCUT2D eigenvalue weighted by atomic mass is 32.2. The summed E-state index contributed by atoms with van der Waals surface area (Å²) < 4.78 is 9.30. The highest BCUT2D eigenvalue weighted by molar-refractivity contribution is 7.99. The Bertz CT molecular complexity index is 2480. The van der Waals surface area contributed by atoms with Crippen molar-refractivity contribution >= 4 is 67.8 Å². The largest absolute Gasteiger partial charge is 0.411 e. The fraction of sp³-hybridized carbons (Fsp3) is 0.189. The Morgan fingerprint density at radius 1 is 0.980 bits per heavy atom. The van der Waals surface area contributed by atoms with Crippen LogP contribution in [0.2, 0.25) is 0 Å². The number of aryl methyl sites for hydroxylation is 1. The van der Waals surface area contributed by atoms with Gasteiger partial charge in [-0.15, -0.1) is 32.9 Å². The van der Waals surface area contributed by atoms with Crippen LogP contribution < -0.4 is 16.2 Å². The van der Waals surface area contributed by atoms with E-state index in [2.05, 4.69) is 20.8 Å². The number of hydrogen-bond acceptors (Lipinski definition) is 10. The van der Waals surface area contributed by atoms with E-state index in [-0.39, 0.29) is 28.1 Å². The zero-order valence-corrected chi connectivity index (χ0v) is 30.1. The van der Waals surface area contributed by atoms with Gasteiger partial charge in [-0.2, -0.15) is 0 Å². The molecule has 8 rings (SSSR count). The molecule has 14 heteroatoms. The third-order valence-corrected chi connectivity index (χ3v) is 11.8. The summed E-state index contributed by atoms with van der Waals surface area (Å²) in [4.78, 5) is 47.8. The Hall–Kier alpha value is -5.31. The number of rotatable bonds is 9. The van der Waals surface area contributed by atoms with E-state index in [0.717, 1.165) is 74.9 Å². The highest BCUT2D eigenvalue weighted by Crippen LogP contribution is 2.39. The van der Waals surface area contributed by atoms with E-state index in [1.807, 2.05) is 78.2 Å². The van der Waals surface area contributed by atoms with Crippen LogP contribution in [0.15, 0.2) is 92.6 Å². The minimum atomic E-state index is -0.420. The molecule has 1 aliphatic carbocycles. The number of thioether (sulfide) groups is 1. The fourth-order valence-corrected chi connectivity index (χ4v) is 8.90. The average molecular weight is 734 g/mol. The summed E-state index contributed by atoms with van der Waals surface area (Å²) in [6.45, 7) is 1.79. The third kappa shape index (κ3) is 6.30. The summed E-state index contributed by atoms with van der Waals surface area (Å²) in [6, 6.07) is 23.0. The molecule has 0 atom stereocenters. The predicted octanol–water partition coefficient (Wildman–Crippen LogP) is 7.73. The van der Waals surface area contributed by atoms with Gasteiger partial charge in [0.15, 0.2) is 0 Å². The van der Waals surface area contributed by atoms with Crippen LogP contribution in [0.4, 0.5) is 10.7 Å². The Balaban J connectivity index is 1.01. The van der Waals surface area contributed by atoms with Gasteiger partial charge in [-0.1, -0.05) is 54.2 Å². The van der Waals surface area contributed by atoms with Gasteiger partial charge in [0.2, 0.25) is 11.8 Å². The molecule has 0 radical (unpaired) electrons. The van der Waals surface area contributed by atoms with Gasteiger partial charge in [0.1, 0.15) is 10.7 Å². The summed E-state index contributed by atoms with van der Waals surface area (Å²) in [6.07, 6.45) is 3.51. The van der Waals surface area contributed by atoms with Crippen molar-refractivity contribution in [2.24, 2.45) is 7.05 Å². The van der Waals surface area contributed by atoms with Crippen LogP contribution in [-0.4, -0.2) is 42.1 Å². The van der Waals surface area contributed by atoms with Crippen LogP contribution in [0, 0.1) is 6.92 Å². The number of anilines is 2. The number of nitrogens with one attached hydrogen (secondary N) is 2. The highest BCUT2D eigenvalue weighted by Gasteiger charge is 2.28. The second-order valence-electron chi connectivity index (χ2n) is 12.1. The quantitative estimate of drug-likeness (QED) is 0.144. The van der Waals surface area contributed by atoms with E-state index in [1.165, 1.54) is 16.0 Å². The van der Waals surface area contributed by atoms with Crippen molar-refractivity contribution < 1.29 is 14.0 Å². The molecule has 51 heavy (non-hydrogen) atoms. The lowest BCUT2D eigenvalue weighted by Crippen LogP contribution is -2.24. The monoisotopic (exact) mass is 733 g/mol. The number of amides is 2. The zero-order valence-electron chi connectivity index (χ0n) is 27.6. The van der Waals surface area contributed by atoms with Gasteiger partial charge in [0, 0.05) is 17.3 Å². The van der Waals surface area contributed by atoms with Crippen LogP contribution in [-0.2, 0) is 24.7 Å². The number of carbonyl (C=O) groups excluding carboxylic acids is 2. The van der Waals surface area contributed by atoms with Gasteiger partial charge in [0.05, 0.1) is 44.3 Å². The normalized spacial score (nSPS) is 12.6. The van der Waals surface area contributed by atoms with E-state index in [4.69, 9.17) is 9.40 Å². The van der Waals surface area contributed by atoms with Crippen LogP contribution in [0.5, 0.6) is 0 Å². The first kappa shape index (κ1) is 32.9. The maximum absolute atomic E-state index is 14.0. The van der Waals surface area contributed by atoms with Gasteiger partial charge in [-0.3, -0.25) is 19.1 Å². The number of hydrogen-bond donors (Lipinski definition) is 2. The summed E-state index contributed by atoms with van der Waals surface area (Å²) in [5, 5.41) is 18.0. The van der Waals surface area contributed by atoms with Crippen LogP contribution in [0.1, 0.15) is 39.3 Å². The van der Waals surface area contributed by atoms with Gasteiger partial charge in [0.25, 0.3) is 16.7 Å². The van der Waals surface area contributed by atoms with Crippen molar-refractivity contribution in [3.63, 3.8) is 0 Å². The molecule has 2 N–H and O–H groups in total. The molecule has 0 aliphatic heterocycles. The summed E-state index contributed by atoms with van der Waals surface area (Å²) >= 11 is 4.14. The van der Waals surface area contributed by atoms with Gasteiger partial charge in [-0.05, 0) is 73.9 Å². The number of aromatic nitrogens is 5. The third-order valence-electron chi connectivity index (χ3n) is 8.90. The van der Waals surface area contributed by atoms with E-state index < -0.39 is 5.91 Å². The Labute approximate surface area is 304 Å². The molecule has 2 aromatic carbocycles. The number of fused-ring (bicyclic) bond motifs is 2. The van der Waals surface area contributed by atoms with Crippen molar-refractivity contribution in [1.82, 2.24) is 24.5 Å². The SMILES string of the molecule is Cc1c(NC(=O)c2c(NC(=O)CSc3nnc(-c4cc(-c5cccs5)nc5ccccc45)o3)sc3c2CCCC3)c(=O)n(-c2ccccc2)n1C.